The summed E-state index contributed by atoms with van der Waals surface area (Å²) in [5, 5.41) is 10.3. The number of fused-ring (bicyclic) bond motifs is 1. The molecule has 0 amide bonds. The second kappa shape index (κ2) is 9.50. The number of ether oxygens (including phenoxy) is 3. The highest BCUT2D eigenvalue weighted by atomic mass is 19.1. The summed E-state index contributed by atoms with van der Waals surface area (Å²) in [5.74, 6) is 1.20. The van der Waals surface area contributed by atoms with Crippen LogP contribution in [0.5, 0.6) is 11.5 Å². The van der Waals surface area contributed by atoms with E-state index in [0.29, 0.717) is 26.2 Å². The lowest BCUT2D eigenvalue weighted by atomic mass is 10.1. The Bertz CT molecular complexity index is 750. The Kier molecular flexibility index (Phi) is 6.81. The Morgan fingerprint density at radius 1 is 1.11 bits per heavy atom. The van der Waals surface area contributed by atoms with Gasteiger partial charge in [-0.2, -0.15) is 0 Å². The minimum atomic E-state index is -0.639. The first kappa shape index (κ1) is 19.4. The Labute approximate surface area is 158 Å². The maximum Gasteiger partial charge on any atom is 0.231 e. The number of rotatable bonds is 10. The molecule has 0 aromatic heterocycles. The Morgan fingerprint density at radius 3 is 2.59 bits per heavy atom. The first-order chi connectivity index (χ1) is 13.1. The van der Waals surface area contributed by atoms with Crippen molar-refractivity contribution in [2.45, 2.75) is 19.2 Å². The predicted molar refractivity (Wildman–Crippen MR) is 100 cm³/mol. The van der Waals surface area contributed by atoms with Gasteiger partial charge >= 0.3 is 0 Å². The van der Waals surface area contributed by atoms with Gasteiger partial charge in [0.2, 0.25) is 6.79 Å². The zero-order valence-corrected chi connectivity index (χ0v) is 15.1. The molecule has 1 aliphatic rings. The average molecular weight is 373 g/mol. The fourth-order valence-electron chi connectivity index (χ4n) is 2.97. The molecule has 2 aromatic carbocycles. The highest BCUT2D eigenvalue weighted by molar-refractivity contribution is 5.44. The molecule has 6 heteroatoms. The topological polar surface area (TPSA) is 51.2 Å². The molecule has 1 atom stereocenters. The van der Waals surface area contributed by atoms with Gasteiger partial charge in [0.05, 0.1) is 19.3 Å². The van der Waals surface area contributed by atoms with Gasteiger partial charge in [-0.25, -0.2) is 4.39 Å². The quantitative estimate of drug-likeness (QED) is 0.512. The molecule has 0 fully saturated rings. The van der Waals surface area contributed by atoms with Crippen molar-refractivity contribution in [3.63, 3.8) is 0 Å². The molecule has 0 aliphatic carbocycles. The van der Waals surface area contributed by atoms with Gasteiger partial charge in [0.25, 0.3) is 0 Å². The number of benzene rings is 2. The molecule has 2 aromatic rings. The van der Waals surface area contributed by atoms with Crippen molar-refractivity contribution in [3.8, 4) is 11.5 Å². The van der Waals surface area contributed by atoms with Crippen molar-refractivity contribution in [1.82, 2.24) is 4.90 Å². The number of halogens is 1. The number of nitrogens with zero attached hydrogens (tertiary/aromatic N) is 1. The molecule has 144 valence electrons. The van der Waals surface area contributed by atoms with Crippen LogP contribution in [-0.2, 0) is 17.8 Å². The van der Waals surface area contributed by atoms with E-state index >= 15 is 0 Å². The molecule has 5 nitrogen and oxygen atoms in total. The molecule has 1 aliphatic heterocycles. The molecule has 0 saturated heterocycles. The van der Waals surface area contributed by atoms with E-state index < -0.39 is 6.10 Å². The van der Waals surface area contributed by atoms with E-state index in [1.807, 2.05) is 18.2 Å². The minimum Gasteiger partial charge on any atom is -0.454 e. The summed E-state index contributed by atoms with van der Waals surface area (Å²) >= 11 is 0. The Hall–Kier alpha value is -2.41. The van der Waals surface area contributed by atoms with E-state index in [9.17, 15) is 9.50 Å². The van der Waals surface area contributed by atoms with Gasteiger partial charge < -0.3 is 19.3 Å². The number of aliphatic hydroxyl groups is 1. The molecule has 3 rings (SSSR count). The standard InChI is InChI=1S/C21H24FNO4/c1-2-9-25-14-19(24)13-23(11-16-3-6-18(22)7-4-16)12-17-5-8-20-21(10-17)27-15-26-20/h2-8,10,19,24H,1,9,11-15H2/t19-/m0/s1. The van der Waals surface area contributed by atoms with Crippen LogP contribution in [0.3, 0.4) is 0 Å². The molecule has 0 bridgehead atoms. The summed E-state index contributed by atoms with van der Waals surface area (Å²) in [5.41, 5.74) is 2.01. The van der Waals surface area contributed by atoms with Gasteiger partial charge in [-0.05, 0) is 35.4 Å². The zero-order chi connectivity index (χ0) is 19.1. The largest absolute Gasteiger partial charge is 0.454 e. The summed E-state index contributed by atoms with van der Waals surface area (Å²) in [4.78, 5) is 2.09. The predicted octanol–water partition coefficient (Wildman–Crippen LogP) is 3.12. The lowest BCUT2D eigenvalue weighted by Crippen LogP contribution is -2.34. The smallest absolute Gasteiger partial charge is 0.231 e. The highest BCUT2D eigenvalue weighted by Gasteiger charge is 2.17. The molecule has 0 radical (unpaired) electrons. The third-order valence-corrected chi connectivity index (χ3v) is 4.18. The lowest BCUT2D eigenvalue weighted by molar-refractivity contribution is 0.0228. The summed E-state index contributed by atoms with van der Waals surface area (Å²) in [6.07, 6.45) is 1.01. The summed E-state index contributed by atoms with van der Waals surface area (Å²) in [7, 11) is 0. The molecular weight excluding hydrogens is 349 g/mol. The fraction of sp³-hybridized carbons (Fsp3) is 0.333. The van der Waals surface area contributed by atoms with E-state index in [1.54, 1.807) is 18.2 Å². The van der Waals surface area contributed by atoms with E-state index in [2.05, 4.69) is 11.5 Å². The van der Waals surface area contributed by atoms with Crippen LogP contribution in [0.4, 0.5) is 4.39 Å². The highest BCUT2D eigenvalue weighted by Crippen LogP contribution is 2.32. The van der Waals surface area contributed by atoms with Crippen molar-refractivity contribution in [3.05, 3.63) is 72.1 Å². The van der Waals surface area contributed by atoms with Crippen LogP contribution in [0, 0.1) is 5.82 Å². The maximum atomic E-state index is 13.2. The summed E-state index contributed by atoms with van der Waals surface area (Å²) < 4.78 is 29.3. The molecule has 27 heavy (non-hydrogen) atoms. The number of hydrogen-bond donors (Lipinski definition) is 1. The average Bonchev–Trinajstić information content (AvgIpc) is 3.11. The van der Waals surface area contributed by atoms with Gasteiger partial charge in [0, 0.05) is 19.6 Å². The second-order valence-electron chi connectivity index (χ2n) is 6.46. The van der Waals surface area contributed by atoms with Crippen molar-refractivity contribution in [2.75, 3.05) is 26.6 Å². The summed E-state index contributed by atoms with van der Waals surface area (Å²) in [6.45, 7) is 6.06. The molecule has 0 unspecified atom stereocenters. The molecular formula is C21H24FNO4. The van der Waals surface area contributed by atoms with Gasteiger partial charge in [-0.3, -0.25) is 4.90 Å². The van der Waals surface area contributed by atoms with Gasteiger partial charge in [-0.15, -0.1) is 6.58 Å². The molecule has 0 saturated carbocycles. The third kappa shape index (κ3) is 5.79. The van der Waals surface area contributed by atoms with Crippen LogP contribution >= 0.6 is 0 Å². The van der Waals surface area contributed by atoms with Crippen molar-refractivity contribution < 1.29 is 23.7 Å². The Balaban J connectivity index is 1.68. The second-order valence-corrected chi connectivity index (χ2v) is 6.46. The van der Waals surface area contributed by atoms with Gasteiger partial charge in [0.15, 0.2) is 11.5 Å². The maximum absolute atomic E-state index is 13.2. The molecule has 0 spiro atoms. The normalized spacial score (nSPS) is 13.7. The monoisotopic (exact) mass is 373 g/mol. The van der Waals surface area contributed by atoms with Crippen LogP contribution in [0.1, 0.15) is 11.1 Å². The van der Waals surface area contributed by atoms with Crippen LogP contribution in [0.2, 0.25) is 0 Å². The van der Waals surface area contributed by atoms with Gasteiger partial charge in [0.1, 0.15) is 5.82 Å². The fourth-order valence-corrected chi connectivity index (χ4v) is 2.97. The first-order valence-electron chi connectivity index (χ1n) is 8.86. The van der Waals surface area contributed by atoms with Crippen molar-refractivity contribution in [1.29, 1.82) is 0 Å². The number of hydrogen-bond acceptors (Lipinski definition) is 5. The number of aliphatic hydroxyl groups excluding tert-OH is 1. The van der Waals surface area contributed by atoms with Crippen LogP contribution < -0.4 is 9.47 Å². The zero-order valence-electron chi connectivity index (χ0n) is 15.1. The van der Waals surface area contributed by atoms with E-state index in [4.69, 9.17) is 14.2 Å². The van der Waals surface area contributed by atoms with E-state index in [1.165, 1.54) is 12.1 Å². The van der Waals surface area contributed by atoms with Crippen LogP contribution in [-0.4, -0.2) is 42.7 Å². The SMILES string of the molecule is C=CCOC[C@@H](O)CN(Cc1ccc(F)cc1)Cc1ccc2c(c1)OCO2. The van der Waals surface area contributed by atoms with Crippen LogP contribution in [0.25, 0.3) is 0 Å². The molecule has 1 N–H and O–H groups in total. The Morgan fingerprint density at radius 2 is 1.81 bits per heavy atom. The minimum absolute atomic E-state index is 0.229. The van der Waals surface area contributed by atoms with E-state index in [-0.39, 0.29) is 19.2 Å². The first-order valence-corrected chi connectivity index (χ1v) is 8.86. The lowest BCUT2D eigenvalue weighted by Gasteiger charge is -2.25. The van der Waals surface area contributed by atoms with Gasteiger partial charge in [-0.1, -0.05) is 24.3 Å². The molecule has 1 heterocycles. The van der Waals surface area contributed by atoms with Crippen molar-refractivity contribution in [2.24, 2.45) is 0 Å². The van der Waals surface area contributed by atoms with Crippen LogP contribution in [0.15, 0.2) is 55.1 Å². The van der Waals surface area contributed by atoms with Crippen molar-refractivity contribution >= 4 is 0 Å². The third-order valence-electron chi connectivity index (χ3n) is 4.18. The summed E-state index contributed by atoms with van der Waals surface area (Å²) in [6, 6.07) is 12.2. The van der Waals surface area contributed by atoms with E-state index in [0.717, 1.165) is 22.6 Å².